The monoisotopic (exact) mass is 445 g/mol. The predicted molar refractivity (Wildman–Crippen MR) is 126 cm³/mol. The van der Waals surface area contributed by atoms with E-state index < -0.39 is 12.2 Å². The molecule has 2 aromatic carbocycles. The van der Waals surface area contributed by atoms with Crippen LogP contribution in [0.15, 0.2) is 65.8 Å². The van der Waals surface area contributed by atoms with E-state index in [0.29, 0.717) is 12.4 Å². The van der Waals surface area contributed by atoms with Crippen LogP contribution in [0.1, 0.15) is 24.5 Å². The lowest BCUT2D eigenvalue weighted by atomic mass is 10.1. The van der Waals surface area contributed by atoms with Crippen LogP contribution in [0.3, 0.4) is 0 Å². The molecule has 2 unspecified atom stereocenters. The number of fused-ring (bicyclic) bond motifs is 3. The number of rotatable bonds is 6. The van der Waals surface area contributed by atoms with Crippen molar-refractivity contribution in [2.24, 2.45) is 4.99 Å². The van der Waals surface area contributed by atoms with Gasteiger partial charge in [0.25, 0.3) is 5.91 Å². The van der Waals surface area contributed by atoms with E-state index in [2.05, 4.69) is 24.0 Å². The molecule has 0 aromatic heterocycles. The zero-order valence-electron chi connectivity index (χ0n) is 18.8. The third-order valence-electron chi connectivity index (χ3n) is 6.43. The second-order valence-corrected chi connectivity index (χ2v) is 8.35. The number of para-hydroxylation sites is 1. The maximum absolute atomic E-state index is 13.5. The van der Waals surface area contributed by atoms with E-state index in [9.17, 15) is 14.7 Å². The molecule has 2 aromatic rings. The molecule has 0 saturated carbocycles. The Kier molecular flexibility index (Phi) is 5.38. The van der Waals surface area contributed by atoms with Crippen LogP contribution in [0.25, 0.3) is 5.70 Å². The molecule has 1 fully saturated rings. The number of hydrogen-bond acceptors (Lipinski definition) is 6. The average Bonchev–Trinajstić information content (AvgIpc) is 3.39. The number of hydrogen-bond donors (Lipinski definition) is 1. The van der Waals surface area contributed by atoms with Crippen LogP contribution < -0.4 is 4.90 Å². The number of guanidine groups is 1. The fourth-order valence-electron chi connectivity index (χ4n) is 4.75. The highest BCUT2D eigenvalue weighted by molar-refractivity contribution is 6.16. The molecule has 0 radical (unpaired) electrons. The van der Waals surface area contributed by atoms with Gasteiger partial charge in [0.05, 0.1) is 11.4 Å². The fourth-order valence-corrected chi connectivity index (χ4v) is 4.75. The summed E-state index contributed by atoms with van der Waals surface area (Å²) in [7, 11) is 1.68. The van der Waals surface area contributed by atoms with Crippen LogP contribution >= 0.6 is 0 Å². The largest absolute Gasteiger partial charge is 0.396 e. The Balaban J connectivity index is 1.61. The second-order valence-electron chi connectivity index (χ2n) is 8.35. The SMILES string of the molecule is CCc1ccccc1N1C(c2ccccc2)=CN2C1=NC1C2C(=O)N(CCCO)C(=O)N1C. The summed E-state index contributed by atoms with van der Waals surface area (Å²) in [5.74, 6) is 0.353. The van der Waals surface area contributed by atoms with E-state index in [1.54, 1.807) is 7.05 Å². The average molecular weight is 446 g/mol. The minimum atomic E-state index is -0.640. The number of anilines is 1. The Labute approximate surface area is 193 Å². The molecule has 1 N–H and O–H groups in total. The number of urea groups is 1. The Bertz CT molecular complexity index is 1150. The van der Waals surface area contributed by atoms with E-state index in [0.717, 1.165) is 23.4 Å². The van der Waals surface area contributed by atoms with Gasteiger partial charge in [-0.3, -0.25) is 19.5 Å². The molecule has 3 amide bonds. The van der Waals surface area contributed by atoms with Crippen molar-refractivity contribution in [2.75, 3.05) is 25.1 Å². The molecular formula is C25H27N5O3. The molecule has 0 bridgehead atoms. The van der Waals surface area contributed by atoms with Crippen LogP contribution in [-0.4, -0.2) is 70.1 Å². The third-order valence-corrected chi connectivity index (χ3v) is 6.43. The van der Waals surface area contributed by atoms with Gasteiger partial charge in [0, 0.05) is 32.0 Å². The van der Waals surface area contributed by atoms with Crippen molar-refractivity contribution in [1.29, 1.82) is 0 Å². The standard InChI is InChI=1S/C25H27N5O3/c1-3-17-10-7-8-13-19(17)30-20(18-11-5-4-6-12-18)16-29-21-22(26-24(29)30)27(2)25(33)28(23(21)32)14-9-15-31/h4-8,10-13,16,21-22,31H,3,9,14-15H2,1-2H3. The number of aliphatic imine (C=N–C) groups is 1. The lowest BCUT2D eigenvalue weighted by Crippen LogP contribution is -2.64. The summed E-state index contributed by atoms with van der Waals surface area (Å²) in [5.41, 5.74) is 4.12. The molecule has 170 valence electrons. The number of nitrogens with zero attached hydrogens (tertiary/aromatic N) is 5. The van der Waals surface area contributed by atoms with Gasteiger partial charge in [0.15, 0.2) is 12.2 Å². The minimum Gasteiger partial charge on any atom is -0.396 e. The molecule has 0 aliphatic carbocycles. The zero-order chi connectivity index (χ0) is 23.1. The highest BCUT2D eigenvalue weighted by atomic mass is 16.3. The minimum absolute atomic E-state index is 0.0834. The maximum Gasteiger partial charge on any atom is 0.328 e. The maximum atomic E-state index is 13.5. The first-order valence-electron chi connectivity index (χ1n) is 11.3. The van der Waals surface area contributed by atoms with Crippen LogP contribution in [0.5, 0.6) is 0 Å². The van der Waals surface area contributed by atoms with Crippen molar-refractivity contribution < 1.29 is 14.7 Å². The number of benzene rings is 2. The summed E-state index contributed by atoms with van der Waals surface area (Å²) in [6, 6.07) is 17.2. The van der Waals surface area contributed by atoms with Crippen molar-refractivity contribution in [1.82, 2.24) is 14.7 Å². The Morgan fingerprint density at radius 3 is 2.48 bits per heavy atom. The van der Waals surface area contributed by atoms with Gasteiger partial charge in [-0.1, -0.05) is 55.5 Å². The van der Waals surface area contributed by atoms with Crippen LogP contribution in [0.4, 0.5) is 10.5 Å². The van der Waals surface area contributed by atoms with Gasteiger partial charge in [0.2, 0.25) is 5.96 Å². The molecule has 3 heterocycles. The number of amides is 3. The summed E-state index contributed by atoms with van der Waals surface area (Å²) < 4.78 is 0. The number of aliphatic hydroxyl groups excluding tert-OH is 1. The fraction of sp³-hybridized carbons (Fsp3) is 0.320. The Hall–Kier alpha value is -3.65. The lowest BCUT2D eigenvalue weighted by Gasteiger charge is -2.40. The van der Waals surface area contributed by atoms with Gasteiger partial charge in [0.1, 0.15) is 0 Å². The van der Waals surface area contributed by atoms with E-state index in [1.807, 2.05) is 53.6 Å². The summed E-state index contributed by atoms with van der Waals surface area (Å²) in [6.07, 6.45) is 2.56. The quantitative estimate of drug-likeness (QED) is 0.740. The zero-order valence-corrected chi connectivity index (χ0v) is 18.8. The Morgan fingerprint density at radius 1 is 1.03 bits per heavy atom. The van der Waals surface area contributed by atoms with Crippen LogP contribution in [-0.2, 0) is 11.2 Å². The molecule has 8 heteroatoms. The van der Waals surface area contributed by atoms with Crippen molar-refractivity contribution in [3.05, 3.63) is 71.9 Å². The molecule has 8 nitrogen and oxygen atoms in total. The molecular weight excluding hydrogens is 418 g/mol. The summed E-state index contributed by atoms with van der Waals surface area (Å²) in [4.78, 5) is 38.0. The first-order valence-corrected chi connectivity index (χ1v) is 11.3. The number of carbonyl (C=O) groups is 2. The second kappa shape index (κ2) is 8.37. The lowest BCUT2D eigenvalue weighted by molar-refractivity contribution is -0.136. The molecule has 3 aliphatic rings. The molecule has 1 saturated heterocycles. The molecule has 0 spiro atoms. The summed E-state index contributed by atoms with van der Waals surface area (Å²) in [6.45, 7) is 2.21. The number of aryl methyl sites for hydroxylation is 1. The number of carbonyl (C=O) groups excluding carboxylic acids is 2. The highest BCUT2D eigenvalue weighted by Gasteiger charge is 2.54. The van der Waals surface area contributed by atoms with Gasteiger partial charge in [-0.05, 0) is 24.5 Å². The smallest absolute Gasteiger partial charge is 0.328 e. The first kappa shape index (κ1) is 21.2. The predicted octanol–water partition coefficient (Wildman–Crippen LogP) is 2.71. The van der Waals surface area contributed by atoms with Crippen molar-refractivity contribution in [3.8, 4) is 0 Å². The topological polar surface area (TPSA) is 79.7 Å². The third kappa shape index (κ3) is 3.29. The highest BCUT2D eigenvalue weighted by Crippen LogP contribution is 2.41. The normalized spacial score (nSPS) is 21.9. The van der Waals surface area contributed by atoms with E-state index >= 15 is 0 Å². The first-order chi connectivity index (χ1) is 16.1. The van der Waals surface area contributed by atoms with Crippen LogP contribution in [0, 0.1) is 0 Å². The summed E-state index contributed by atoms with van der Waals surface area (Å²) >= 11 is 0. The van der Waals surface area contributed by atoms with E-state index in [4.69, 9.17) is 4.99 Å². The van der Waals surface area contributed by atoms with Gasteiger partial charge in [-0.25, -0.2) is 9.79 Å². The van der Waals surface area contributed by atoms with Crippen molar-refractivity contribution >= 4 is 29.3 Å². The molecule has 2 atom stereocenters. The van der Waals surface area contributed by atoms with Crippen LogP contribution in [0.2, 0.25) is 0 Å². The summed E-state index contributed by atoms with van der Waals surface area (Å²) in [5, 5.41) is 9.23. The van der Waals surface area contributed by atoms with Gasteiger partial charge >= 0.3 is 6.03 Å². The van der Waals surface area contributed by atoms with Gasteiger partial charge < -0.3 is 10.0 Å². The molecule has 33 heavy (non-hydrogen) atoms. The van der Waals surface area contributed by atoms with Gasteiger partial charge in [-0.15, -0.1) is 0 Å². The molecule has 5 rings (SSSR count). The Morgan fingerprint density at radius 2 is 1.76 bits per heavy atom. The number of aliphatic hydroxyl groups is 1. The van der Waals surface area contributed by atoms with E-state index in [-0.39, 0.29) is 25.1 Å². The van der Waals surface area contributed by atoms with Crippen molar-refractivity contribution in [2.45, 2.75) is 32.0 Å². The van der Waals surface area contributed by atoms with Crippen molar-refractivity contribution in [3.63, 3.8) is 0 Å². The van der Waals surface area contributed by atoms with E-state index in [1.165, 1.54) is 15.4 Å². The number of likely N-dealkylation sites (N-methyl/N-ethyl adjacent to an activating group) is 1. The van der Waals surface area contributed by atoms with Gasteiger partial charge in [-0.2, -0.15) is 0 Å². The molecule has 3 aliphatic heterocycles. The number of imide groups is 1.